The highest BCUT2D eigenvalue weighted by molar-refractivity contribution is 9.10. The molecule has 18 heavy (non-hydrogen) atoms. The van der Waals surface area contributed by atoms with Crippen molar-refractivity contribution in [2.75, 3.05) is 0 Å². The summed E-state index contributed by atoms with van der Waals surface area (Å²) in [6.07, 6.45) is 0.479. The highest BCUT2D eigenvalue weighted by atomic mass is 79.9. The van der Waals surface area contributed by atoms with Gasteiger partial charge in [-0.25, -0.2) is 4.39 Å². The summed E-state index contributed by atoms with van der Waals surface area (Å²) in [4.78, 5) is 0.991. The zero-order valence-corrected chi connectivity index (χ0v) is 12.4. The Morgan fingerprint density at radius 2 is 2.17 bits per heavy atom. The molecule has 3 N–H and O–H groups in total. The quantitative estimate of drug-likeness (QED) is 0.645. The molecule has 1 aromatic carbocycles. The van der Waals surface area contributed by atoms with Crippen molar-refractivity contribution in [3.05, 3.63) is 55.4 Å². The van der Waals surface area contributed by atoms with Crippen molar-refractivity contribution in [1.29, 1.82) is 0 Å². The van der Waals surface area contributed by atoms with Crippen molar-refractivity contribution in [1.82, 2.24) is 5.43 Å². The molecule has 0 aliphatic heterocycles. The lowest BCUT2D eigenvalue weighted by Gasteiger charge is -2.14. The van der Waals surface area contributed by atoms with E-state index in [0.717, 1.165) is 9.35 Å². The molecule has 1 unspecified atom stereocenters. The molecular formula is C12H11BrClFN2S. The molecular weight excluding hydrogens is 339 g/mol. The summed E-state index contributed by atoms with van der Waals surface area (Å²) < 4.78 is 15.2. The summed E-state index contributed by atoms with van der Waals surface area (Å²) in [6.45, 7) is 0. The first kappa shape index (κ1) is 14.0. The number of rotatable bonds is 4. The van der Waals surface area contributed by atoms with Gasteiger partial charge in [-0.15, -0.1) is 11.3 Å². The van der Waals surface area contributed by atoms with Gasteiger partial charge in [-0.1, -0.05) is 33.6 Å². The molecule has 0 amide bonds. The van der Waals surface area contributed by atoms with E-state index in [1.54, 1.807) is 6.07 Å². The lowest BCUT2D eigenvalue weighted by Crippen LogP contribution is -2.29. The van der Waals surface area contributed by atoms with Crippen LogP contribution in [-0.4, -0.2) is 0 Å². The maximum absolute atomic E-state index is 13.7. The number of nitrogens with one attached hydrogen (secondary N) is 1. The first-order valence-electron chi connectivity index (χ1n) is 5.25. The molecule has 0 spiro atoms. The fraction of sp³-hybridized carbons (Fsp3) is 0.167. The Balaban J connectivity index is 2.20. The number of thiophene rings is 1. The molecule has 1 heterocycles. The Bertz CT molecular complexity index is 547. The Morgan fingerprint density at radius 1 is 1.39 bits per heavy atom. The minimum absolute atomic E-state index is 0.141. The van der Waals surface area contributed by atoms with Crippen LogP contribution in [0.2, 0.25) is 4.34 Å². The average Bonchev–Trinajstić information content (AvgIpc) is 2.75. The Kier molecular flexibility index (Phi) is 4.75. The second-order valence-corrected chi connectivity index (χ2v) is 6.46. The van der Waals surface area contributed by atoms with Crippen molar-refractivity contribution < 1.29 is 4.39 Å². The van der Waals surface area contributed by atoms with E-state index in [1.807, 2.05) is 18.2 Å². The van der Waals surface area contributed by atoms with Gasteiger partial charge in [0.15, 0.2) is 0 Å². The molecule has 1 atom stereocenters. The highest BCUT2D eigenvalue weighted by Gasteiger charge is 2.15. The maximum Gasteiger partial charge on any atom is 0.127 e. The number of hydrazine groups is 1. The first-order valence-corrected chi connectivity index (χ1v) is 7.24. The molecule has 1 aromatic heterocycles. The van der Waals surface area contributed by atoms with Gasteiger partial charge in [0.2, 0.25) is 0 Å². The van der Waals surface area contributed by atoms with Crippen molar-refractivity contribution >= 4 is 38.9 Å². The van der Waals surface area contributed by atoms with Crippen LogP contribution in [0.4, 0.5) is 4.39 Å². The van der Waals surface area contributed by atoms with Crippen LogP contribution in [0.5, 0.6) is 0 Å². The van der Waals surface area contributed by atoms with E-state index in [9.17, 15) is 4.39 Å². The van der Waals surface area contributed by atoms with Gasteiger partial charge in [-0.3, -0.25) is 11.3 Å². The van der Waals surface area contributed by atoms with Gasteiger partial charge >= 0.3 is 0 Å². The summed E-state index contributed by atoms with van der Waals surface area (Å²) in [7, 11) is 0. The summed E-state index contributed by atoms with van der Waals surface area (Å²) in [5.74, 6) is 5.28. The molecule has 6 heteroatoms. The van der Waals surface area contributed by atoms with E-state index in [1.165, 1.54) is 17.4 Å². The van der Waals surface area contributed by atoms with E-state index in [0.29, 0.717) is 16.3 Å². The molecule has 2 rings (SSSR count). The Morgan fingerprint density at radius 3 is 2.72 bits per heavy atom. The monoisotopic (exact) mass is 348 g/mol. The maximum atomic E-state index is 13.7. The van der Waals surface area contributed by atoms with Crippen molar-refractivity contribution in [3.8, 4) is 0 Å². The van der Waals surface area contributed by atoms with Crippen LogP contribution in [0, 0.1) is 5.82 Å². The SMILES string of the molecule is NNC(Cc1ccc(Br)cc1F)c1ccc(Cl)s1. The Labute approximate surface area is 122 Å². The molecule has 0 aliphatic carbocycles. The zero-order chi connectivity index (χ0) is 13.1. The van der Waals surface area contributed by atoms with Crippen LogP contribution < -0.4 is 11.3 Å². The van der Waals surface area contributed by atoms with Crippen LogP contribution >= 0.6 is 38.9 Å². The average molecular weight is 350 g/mol. The number of halogens is 3. The molecule has 2 nitrogen and oxygen atoms in total. The predicted octanol–water partition coefficient (Wildman–Crippen LogP) is 4.05. The van der Waals surface area contributed by atoms with Gasteiger partial charge in [-0.2, -0.15) is 0 Å². The third-order valence-electron chi connectivity index (χ3n) is 2.58. The van der Waals surface area contributed by atoms with Crippen LogP contribution in [0.25, 0.3) is 0 Å². The standard InChI is InChI=1S/C12H11BrClFN2S/c13-8-2-1-7(9(15)6-8)5-10(17-16)11-3-4-12(14)18-11/h1-4,6,10,17H,5,16H2. The second-order valence-electron chi connectivity index (χ2n) is 3.80. The molecule has 0 bridgehead atoms. The van der Waals surface area contributed by atoms with E-state index >= 15 is 0 Å². The van der Waals surface area contributed by atoms with Gasteiger partial charge in [0.25, 0.3) is 0 Å². The van der Waals surface area contributed by atoms with E-state index in [2.05, 4.69) is 21.4 Å². The van der Waals surface area contributed by atoms with Crippen molar-refractivity contribution in [2.24, 2.45) is 5.84 Å². The third-order valence-corrected chi connectivity index (χ3v) is 4.42. The van der Waals surface area contributed by atoms with Gasteiger partial charge in [0.1, 0.15) is 5.82 Å². The molecule has 0 saturated carbocycles. The number of hydrogen-bond acceptors (Lipinski definition) is 3. The van der Waals surface area contributed by atoms with Crippen LogP contribution in [0.1, 0.15) is 16.5 Å². The van der Waals surface area contributed by atoms with E-state index < -0.39 is 0 Å². The van der Waals surface area contributed by atoms with Crippen LogP contribution in [0.15, 0.2) is 34.8 Å². The largest absolute Gasteiger partial charge is 0.271 e. The zero-order valence-electron chi connectivity index (χ0n) is 9.29. The van der Waals surface area contributed by atoms with E-state index in [4.69, 9.17) is 17.4 Å². The number of hydrogen-bond donors (Lipinski definition) is 2. The van der Waals surface area contributed by atoms with Crippen molar-refractivity contribution in [3.63, 3.8) is 0 Å². The summed E-state index contributed by atoms with van der Waals surface area (Å²) in [5, 5.41) is 0. The third kappa shape index (κ3) is 3.30. The topological polar surface area (TPSA) is 38.0 Å². The Hall–Kier alpha value is -0.460. The van der Waals surface area contributed by atoms with Gasteiger partial charge in [0.05, 0.1) is 10.4 Å². The molecule has 0 radical (unpaired) electrons. The van der Waals surface area contributed by atoms with Gasteiger partial charge in [0, 0.05) is 9.35 Å². The molecule has 0 saturated heterocycles. The summed E-state index contributed by atoms with van der Waals surface area (Å²) >= 11 is 10.6. The molecule has 2 aromatic rings. The fourth-order valence-electron chi connectivity index (χ4n) is 1.66. The summed E-state index contributed by atoms with van der Waals surface area (Å²) in [6, 6.07) is 8.58. The second kappa shape index (κ2) is 6.12. The van der Waals surface area contributed by atoms with Gasteiger partial charge < -0.3 is 0 Å². The molecule has 0 fully saturated rings. The smallest absolute Gasteiger partial charge is 0.127 e. The van der Waals surface area contributed by atoms with Crippen LogP contribution in [-0.2, 0) is 6.42 Å². The van der Waals surface area contributed by atoms with Gasteiger partial charge in [-0.05, 0) is 36.2 Å². The molecule has 96 valence electrons. The minimum atomic E-state index is -0.243. The lowest BCUT2D eigenvalue weighted by molar-refractivity contribution is 0.535. The van der Waals surface area contributed by atoms with Crippen molar-refractivity contribution in [2.45, 2.75) is 12.5 Å². The predicted molar refractivity (Wildman–Crippen MR) is 77.2 cm³/mol. The minimum Gasteiger partial charge on any atom is -0.271 e. The fourth-order valence-corrected chi connectivity index (χ4v) is 3.12. The number of benzene rings is 1. The molecule has 0 aliphatic rings. The first-order chi connectivity index (χ1) is 8.60. The lowest BCUT2D eigenvalue weighted by atomic mass is 10.0. The normalized spacial score (nSPS) is 12.7. The number of nitrogens with two attached hydrogens (primary N) is 1. The van der Waals surface area contributed by atoms with Crippen LogP contribution in [0.3, 0.4) is 0 Å². The highest BCUT2D eigenvalue weighted by Crippen LogP contribution is 2.29. The van der Waals surface area contributed by atoms with E-state index in [-0.39, 0.29) is 11.9 Å². The summed E-state index contributed by atoms with van der Waals surface area (Å²) in [5.41, 5.74) is 3.31.